The predicted octanol–water partition coefficient (Wildman–Crippen LogP) is 4.36. The van der Waals surface area contributed by atoms with Gasteiger partial charge in [-0.2, -0.15) is 0 Å². The molecule has 30 heavy (non-hydrogen) atoms. The van der Waals surface area contributed by atoms with Crippen molar-refractivity contribution in [2.24, 2.45) is 0 Å². The van der Waals surface area contributed by atoms with Crippen LogP contribution in [0, 0.1) is 6.92 Å². The maximum atomic E-state index is 13.2. The van der Waals surface area contributed by atoms with Crippen LogP contribution in [0.2, 0.25) is 0 Å². The van der Waals surface area contributed by atoms with Gasteiger partial charge in [0.2, 0.25) is 6.79 Å². The summed E-state index contributed by atoms with van der Waals surface area (Å²) in [5.41, 5.74) is 2.03. The minimum absolute atomic E-state index is 0.124. The van der Waals surface area contributed by atoms with E-state index in [0.29, 0.717) is 6.54 Å². The van der Waals surface area contributed by atoms with E-state index < -0.39 is 0 Å². The van der Waals surface area contributed by atoms with Crippen molar-refractivity contribution in [3.8, 4) is 11.5 Å². The zero-order valence-electron chi connectivity index (χ0n) is 16.9. The van der Waals surface area contributed by atoms with Crippen molar-refractivity contribution in [3.63, 3.8) is 0 Å². The molecule has 1 fully saturated rings. The first-order valence-corrected chi connectivity index (χ1v) is 11.2. The number of anilines is 1. The highest BCUT2D eigenvalue weighted by Gasteiger charge is 2.24. The average molecular weight is 425 g/mol. The summed E-state index contributed by atoms with van der Waals surface area (Å²) < 4.78 is 10.8. The lowest BCUT2D eigenvalue weighted by molar-refractivity contribution is 0.0766. The van der Waals surface area contributed by atoms with E-state index in [9.17, 15) is 4.79 Å². The SMILES string of the molecule is Cc1c(C(=O)N2CCCCCC2)sc2ncnc(NCc3ccc4c(c3)OCO4)c12. The number of rotatable bonds is 4. The molecule has 0 atom stereocenters. The van der Waals surface area contributed by atoms with E-state index >= 15 is 0 Å². The van der Waals surface area contributed by atoms with Crippen molar-refractivity contribution in [2.75, 3.05) is 25.2 Å². The van der Waals surface area contributed by atoms with Gasteiger partial charge in [-0.05, 0) is 43.0 Å². The number of aryl methyl sites for hydroxylation is 1. The summed E-state index contributed by atoms with van der Waals surface area (Å²) in [5, 5.41) is 4.34. The molecule has 2 aliphatic heterocycles. The average Bonchev–Trinajstić information content (AvgIpc) is 3.26. The molecule has 5 rings (SSSR count). The van der Waals surface area contributed by atoms with Crippen molar-refractivity contribution in [3.05, 3.63) is 40.5 Å². The van der Waals surface area contributed by atoms with Crippen LogP contribution in [0.5, 0.6) is 11.5 Å². The highest BCUT2D eigenvalue weighted by Crippen LogP contribution is 2.35. The first kappa shape index (κ1) is 19.1. The minimum Gasteiger partial charge on any atom is -0.454 e. The maximum Gasteiger partial charge on any atom is 0.264 e. The third kappa shape index (κ3) is 3.56. The second-order valence-electron chi connectivity index (χ2n) is 7.71. The number of thiophene rings is 1. The zero-order chi connectivity index (χ0) is 20.5. The summed E-state index contributed by atoms with van der Waals surface area (Å²) in [6.45, 7) is 4.54. The Hall–Kier alpha value is -2.87. The summed E-state index contributed by atoms with van der Waals surface area (Å²) in [7, 11) is 0. The lowest BCUT2D eigenvalue weighted by atomic mass is 10.1. The number of amides is 1. The molecule has 3 aromatic rings. The number of likely N-dealkylation sites (tertiary alicyclic amines) is 1. The Labute approximate surface area is 179 Å². The zero-order valence-corrected chi connectivity index (χ0v) is 17.8. The van der Waals surface area contributed by atoms with Crippen LogP contribution in [0.1, 0.15) is 46.5 Å². The predicted molar refractivity (Wildman–Crippen MR) is 116 cm³/mol. The largest absolute Gasteiger partial charge is 0.454 e. The van der Waals surface area contributed by atoms with Crippen molar-refractivity contribution in [2.45, 2.75) is 39.2 Å². The van der Waals surface area contributed by atoms with Crippen LogP contribution < -0.4 is 14.8 Å². The number of nitrogens with one attached hydrogen (secondary N) is 1. The number of carbonyl (C=O) groups excluding carboxylic acids is 1. The number of fused-ring (bicyclic) bond motifs is 2. The van der Waals surface area contributed by atoms with Crippen LogP contribution in [-0.2, 0) is 6.54 Å². The first-order chi connectivity index (χ1) is 14.7. The third-order valence-corrected chi connectivity index (χ3v) is 6.90. The highest BCUT2D eigenvalue weighted by molar-refractivity contribution is 7.20. The molecule has 0 radical (unpaired) electrons. The molecular weight excluding hydrogens is 400 g/mol. The van der Waals surface area contributed by atoms with Crippen LogP contribution in [-0.4, -0.2) is 40.7 Å². The molecule has 0 bridgehead atoms. The van der Waals surface area contributed by atoms with E-state index in [1.54, 1.807) is 6.33 Å². The van der Waals surface area contributed by atoms with Crippen LogP contribution in [0.15, 0.2) is 24.5 Å². The second kappa shape index (κ2) is 8.10. The Morgan fingerprint density at radius 3 is 2.77 bits per heavy atom. The Balaban J connectivity index is 1.40. The fraction of sp³-hybridized carbons (Fsp3) is 0.409. The molecule has 1 aromatic carbocycles. The van der Waals surface area contributed by atoms with Crippen LogP contribution >= 0.6 is 11.3 Å². The smallest absolute Gasteiger partial charge is 0.264 e. The standard InChI is InChI=1S/C22H24N4O3S/c1-14-18-20(23-11-15-6-7-16-17(10-15)29-13-28-16)24-12-25-21(18)30-19(14)22(27)26-8-4-2-3-5-9-26/h6-7,10,12H,2-5,8-9,11,13H2,1H3,(H,23,24,25). The summed E-state index contributed by atoms with van der Waals surface area (Å²) in [6, 6.07) is 5.90. The van der Waals surface area contributed by atoms with Gasteiger partial charge < -0.3 is 19.7 Å². The molecule has 2 aliphatic rings. The second-order valence-corrected chi connectivity index (χ2v) is 8.71. The Morgan fingerprint density at radius 2 is 1.93 bits per heavy atom. The van der Waals surface area contributed by atoms with Gasteiger partial charge in [-0.15, -0.1) is 11.3 Å². The number of benzene rings is 1. The summed E-state index contributed by atoms with van der Waals surface area (Å²) in [5.74, 6) is 2.41. The first-order valence-electron chi connectivity index (χ1n) is 10.4. The summed E-state index contributed by atoms with van der Waals surface area (Å²) in [4.78, 5) is 25.7. The molecule has 0 unspecified atom stereocenters. The molecular formula is C22H24N4O3S. The molecule has 0 spiro atoms. The van der Waals surface area contributed by atoms with Gasteiger partial charge in [0.1, 0.15) is 17.0 Å². The highest BCUT2D eigenvalue weighted by atomic mass is 32.1. The van der Waals surface area contributed by atoms with E-state index in [1.807, 2.05) is 30.0 Å². The van der Waals surface area contributed by atoms with E-state index in [0.717, 1.165) is 69.5 Å². The van der Waals surface area contributed by atoms with Crippen molar-refractivity contribution in [1.29, 1.82) is 0 Å². The fourth-order valence-electron chi connectivity index (χ4n) is 4.06. The van der Waals surface area contributed by atoms with Gasteiger partial charge in [-0.25, -0.2) is 9.97 Å². The van der Waals surface area contributed by atoms with E-state index in [4.69, 9.17) is 9.47 Å². The quantitative estimate of drug-likeness (QED) is 0.671. The van der Waals surface area contributed by atoms with Gasteiger partial charge >= 0.3 is 0 Å². The summed E-state index contributed by atoms with van der Waals surface area (Å²) in [6.07, 6.45) is 6.12. The van der Waals surface area contributed by atoms with Crippen LogP contribution in [0.25, 0.3) is 10.2 Å². The molecule has 8 heteroatoms. The van der Waals surface area contributed by atoms with Gasteiger partial charge in [0.25, 0.3) is 5.91 Å². The summed E-state index contributed by atoms with van der Waals surface area (Å²) >= 11 is 1.47. The minimum atomic E-state index is 0.124. The molecule has 7 nitrogen and oxygen atoms in total. The van der Waals surface area contributed by atoms with Gasteiger partial charge in [0.15, 0.2) is 11.5 Å². The van der Waals surface area contributed by atoms with Gasteiger partial charge in [0, 0.05) is 19.6 Å². The molecule has 4 heterocycles. The van der Waals surface area contributed by atoms with Crippen LogP contribution in [0.3, 0.4) is 0 Å². The Bertz CT molecular complexity index is 1090. The van der Waals surface area contributed by atoms with Gasteiger partial charge in [-0.1, -0.05) is 18.9 Å². The molecule has 156 valence electrons. The van der Waals surface area contributed by atoms with Crippen molar-refractivity contribution in [1.82, 2.24) is 14.9 Å². The van der Waals surface area contributed by atoms with Gasteiger partial charge in [-0.3, -0.25) is 4.79 Å². The normalized spacial score (nSPS) is 16.0. The maximum absolute atomic E-state index is 13.2. The molecule has 1 amide bonds. The van der Waals surface area contributed by atoms with E-state index in [-0.39, 0.29) is 12.7 Å². The van der Waals surface area contributed by atoms with E-state index in [2.05, 4.69) is 15.3 Å². The van der Waals surface area contributed by atoms with Gasteiger partial charge in [0.05, 0.1) is 10.3 Å². The number of hydrogen-bond donors (Lipinski definition) is 1. The number of carbonyl (C=O) groups is 1. The number of ether oxygens (including phenoxy) is 2. The fourth-order valence-corrected chi connectivity index (χ4v) is 5.18. The Kier molecular flexibility index (Phi) is 5.16. The van der Waals surface area contributed by atoms with Crippen molar-refractivity contribution < 1.29 is 14.3 Å². The molecule has 1 saturated heterocycles. The molecule has 0 aliphatic carbocycles. The lowest BCUT2D eigenvalue weighted by Crippen LogP contribution is -2.31. The van der Waals surface area contributed by atoms with E-state index in [1.165, 1.54) is 24.2 Å². The Morgan fingerprint density at radius 1 is 1.13 bits per heavy atom. The monoisotopic (exact) mass is 424 g/mol. The third-order valence-electron chi connectivity index (χ3n) is 5.71. The van der Waals surface area contributed by atoms with Crippen molar-refractivity contribution >= 4 is 33.3 Å². The molecule has 1 N–H and O–H groups in total. The van der Waals surface area contributed by atoms with Crippen LogP contribution in [0.4, 0.5) is 5.82 Å². The number of nitrogens with zero attached hydrogens (tertiary/aromatic N) is 3. The lowest BCUT2D eigenvalue weighted by Gasteiger charge is -2.19. The molecule has 0 saturated carbocycles. The topological polar surface area (TPSA) is 76.6 Å². The number of hydrogen-bond acceptors (Lipinski definition) is 7. The molecule has 2 aromatic heterocycles. The number of aromatic nitrogens is 2.